The van der Waals surface area contributed by atoms with Gasteiger partial charge in [0.15, 0.2) is 0 Å². The number of carbonyl (C=O) groups excluding carboxylic acids is 1. The molecule has 21 heavy (non-hydrogen) atoms. The number of carbonyl (C=O) groups is 1. The van der Waals surface area contributed by atoms with E-state index in [-0.39, 0.29) is 18.9 Å². The summed E-state index contributed by atoms with van der Waals surface area (Å²) in [5, 5.41) is 17.3. The standard InChI is InChI=1S/C13H14Cl2N4O2/c14-9-2-1-3-10(15)13(9)11(20)6-17-12(21)4-5-19-8-16-7-18-19/h1-3,7-8,11,20H,4-6H2,(H,17,21)/t11-/m1/s1. The number of benzene rings is 1. The number of rotatable bonds is 6. The minimum absolute atomic E-state index is 0.0413. The van der Waals surface area contributed by atoms with Gasteiger partial charge in [0.25, 0.3) is 0 Å². The van der Waals surface area contributed by atoms with E-state index in [1.165, 1.54) is 12.7 Å². The van der Waals surface area contributed by atoms with Crippen LogP contribution in [0.3, 0.4) is 0 Å². The first-order chi connectivity index (χ1) is 10.1. The van der Waals surface area contributed by atoms with E-state index in [9.17, 15) is 9.90 Å². The van der Waals surface area contributed by atoms with Gasteiger partial charge in [-0.15, -0.1) is 0 Å². The maximum atomic E-state index is 11.7. The molecule has 6 nitrogen and oxygen atoms in total. The molecule has 1 heterocycles. The number of amides is 1. The van der Waals surface area contributed by atoms with Gasteiger partial charge in [0.2, 0.25) is 5.91 Å². The molecule has 0 radical (unpaired) electrons. The maximum Gasteiger partial charge on any atom is 0.221 e. The van der Waals surface area contributed by atoms with E-state index in [0.29, 0.717) is 22.2 Å². The summed E-state index contributed by atoms with van der Waals surface area (Å²) >= 11 is 12.0. The maximum absolute atomic E-state index is 11.7. The van der Waals surface area contributed by atoms with Crippen molar-refractivity contribution in [3.63, 3.8) is 0 Å². The van der Waals surface area contributed by atoms with Gasteiger partial charge in [0, 0.05) is 28.6 Å². The van der Waals surface area contributed by atoms with Crippen LogP contribution in [-0.2, 0) is 11.3 Å². The van der Waals surface area contributed by atoms with Gasteiger partial charge in [-0.05, 0) is 12.1 Å². The number of hydrogen-bond donors (Lipinski definition) is 2. The quantitative estimate of drug-likeness (QED) is 0.847. The first-order valence-corrected chi connectivity index (χ1v) is 7.04. The van der Waals surface area contributed by atoms with E-state index < -0.39 is 6.10 Å². The second-order valence-corrected chi connectivity index (χ2v) is 5.18. The van der Waals surface area contributed by atoms with Gasteiger partial charge in [-0.3, -0.25) is 9.48 Å². The van der Waals surface area contributed by atoms with Crippen LogP contribution in [0.5, 0.6) is 0 Å². The third-order valence-electron chi connectivity index (χ3n) is 2.86. The van der Waals surface area contributed by atoms with Crippen LogP contribution >= 0.6 is 23.2 Å². The summed E-state index contributed by atoms with van der Waals surface area (Å²) in [5.41, 5.74) is 0.414. The molecule has 1 aromatic carbocycles. The SMILES string of the molecule is O=C(CCn1cncn1)NC[C@@H](O)c1c(Cl)cccc1Cl. The zero-order valence-electron chi connectivity index (χ0n) is 11.0. The Morgan fingerprint density at radius 3 is 2.71 bits per heavy atom. The lowest BCUT2D eigenvalue weighted by Crippen LogP contribution is -2.29. The highest BCUT2D eigenvalue weighted by Gasteiger charge is 2.16. The predicted octanol–water partition coefficient (Wildman–Crippen LogP) is 1.82. The monoisotopic (exact) mass is 328 g/mol. The van der Waals surface area contributed by atoms with E-state index in [1.807, 2.05) is 0 Å². The van der Waals surface area contributed by atoms with Crippen molar-refractivity contribution < 1.29 is 9.90 Å². The van der Waals surface area contributed by atoms with E-state index in [2.05, 4.69) is 15.4 Å². The van der Waals surface area contributed by atoms with Crippen molar-refractivity contribution in [3.05, 3.63) is 46.5 Å². The highest BCUT2D eigenvalue weighted by atomic mass is 35.5. The van der Waals surface area contributed by atoms with Crippen LogP contribution in [0.15, 0.2) is 30.9 Å². The zero-order valence-corrected chi connectivity index (χ0v) is 12.6. The molecule has 0 unspecified atom stereocenters. The van der Waals surface area contributed by atoms with Crippen molar-refractivity contribution >= 4 is 29.1 Å². The van der Waals surface area contributed by atoms with Crippen LogP contribution in [0.4, 0.5) is 0 Å². The van der Waals surface area contributed by atoms with Gasteiger partial charge in [-0.25, -0.2) is 4.98 Å². The molecule has 0 aliphatic rings. The van der Waals surface area contributed by atoms with E-state index >= 15 is 0 Å². The summed E-state index contributed by atoms with van der Waals surface area (Å²) in [6.07, 6.45) is 2.22. The minimum Gasteiger partial charge on any atom is -0.386 e. The van der Waals surface area contributed by atoms with Crippen LogP contribution in [0.1, 0.15) is 18.1 Å². The van der Waals surface area contributed by atoms with Crippen molar-refractivity contribution in [3.8, 4) is 0 Å². The second-order valence-electron chi connectivity index (χ2n) is 4.36. The summed E-state index contributed by atoms with van der Waals surface area (Å²) in [4.78, 5) is 15.5. The number of halogens is 2. The highest BCUT2D eigenvalue weighted by molar-refractivity contribution is 6.36. The van der Waals surface area contributed by atoms with Crippen LogP contribution in [0.2, 0.25) is 10.0 Å². The average molecular weight is 329 g/mol. The smallest absolute Gasteiger partial charge is 0.221 e. The molecule has 112 valence electrons. The predicted molar refractivity (Wildman–Crippen MR) is 79.1 cm³/mol. The third-order valence-corrected chi connectivity index (χ3v) is 3.52. The lowest BCUT2D eigenvalue weighted by molar-refractivity contribution is -0.121. The Balaban J connectivity index is 1.83. The molecule has 1 amide bonds. The Morgan fingerprint density at radius 2 is 2.10 bits per heavy atom. The van der Waals surface area contributed by atoms with Crippen LogP contribution in [0.25, 0.3) is 0 Å². The fourth-order valence-electron chi connectivity index (χ4n) is 1.79. The molecular weight excluding hydrogens is 315 g/mol. The molecular formula is C13H14Cl2N4O2. The Labute approximate surface area is 131 Å². The van der Waals surface area contributed by atoms with Crippen LogP contribution in [0, 0.1) is 0 Å². The van der Waals surface area contributed by atoms with Gasteiger partial charge in [-0.2, -0.15) is 5.10 Å². The normalized spacial score (nSPS) is 12.1. The van der Waals surface area contributed by atoms with Crippen molar-refractivity contribution in [2.75, 3.05) is 6.54 Å². The molecule has 0 aliphatic heterocycles. The molecule has 2 aromatic rings. The second kappa shape index (κ2) is 7.40. The first-order valence-electron chi connectivity index (χ1n) is 6.29. The van der Waals surface area contributed by atoms with Gasteiger partial charge in [0.05, 0.1) is 12.6 Å². The summed E-state index contributed by atoms with van der Waals surface area (Å²) in [5.74, 6) is -0.201. The van der Waals surface area contributed by atoms with Gasteiger partial charge >= 0.3 is 0 Å². The van der Waals surface area contributed by atoms with Gasteiger partial charge in [0.1, 0.15) is 12.7 Å². The molecule has 0 bridgehead atoms. The minimum atomic E-state index is -0.957. The Bertz CT molecular complexity index is 584. The average Bonchev–Trinajstić information content (AvgIpc) is 2.96. The molecule has 1 atom stereocenters. The summed E-state index contributed by atoms with van der Waals surface area (Å²) in [6.45, 7) is 0.467. The summed E-state index contributed by atoms with van der Waals surface area (Å²) in [7, 11) is 0. The largest absolute Gasteiger partial charge is 0.386 e. The van der Waals surface area contributed by atoms with Crippen molar-refractivity contribution in [1.29, 1.82) is 0 Å². The van der Waals surface area contributed by atoms with Crippen LogP contribution in [-0.4, -0.2) is 32.3 Å². The molecule has 8 heteroatoms. The lowest BCUT2D eigenvalue weighted by atomic mass is 10.1. The molecule has 2 N–H and O–H groups in total. The Morgan fingerprint density at radius 1 is 1.38 bits per heavy atom. The number of aromatic nitrogens is 3. The van der Waals surface area contributed by atoms with Gasteiger partial charge in [-0.1, -0.05) is 29.3 Å². The van der Waals surface area contributed by atoms with Gasteiger partial charge < -0.3 is 10.4 Å². The zero-order chi connectivity index (χ0) is 15.2. The summed E-state index contributed by atoms with van der Waals surface area (Å²) in [6, 6.07) is 4.97. The highest BCUT2D eigenvalue weighted by Crippen LogP contribution is 2.29. The van der Waals surface area contributed by atoms with Crippen molar-refractivity contribution in [1.82, 2.24) is 20.1 Å². The lowest BCUT2D eigenvalue weighted by Gasteiger charge is -2.15. The topological polar surface area (TPSA) is 80.0 Å². The molecule has 0 aliphatic carbocycles. The Kier molecular flexibility index (Phi) is 5.55. The van der Waals surface area contributed by atoms with Crippen molar-refractivity contribution in [2.24, 2.45) is 0 Å². The fourth-order valence-corrected chi connectivity index (χ4v) is 2.44. The molecule has 0 saturated carbocycles. The van der Waals surface area contributed by atoms with E-state index in [0.717, 1.165) is 0 Å². The molecule has 0 fully saturated rings. The molecule has 0 saturated heterocycles. The number of aryl methyl sites for hydroxylation is 1. The Hall–Kier alpha value is -1.63. The number of nitrogens with zero attached hydrogens (tertiary/aromatic N) is 3. The molecule has 1 aromatic heterocycles. The first kappa shape index (κ1) is 15.8. The van der Waals surface area contributed by atoms with E-state index in [1.54, 1.807) is 22.9 Å². The fraction of sp³-hybridized carbons (Fsp3) is 0.308. The van der Waals surface area contributed by atoms with Crippen molar-refractivity contribution in [2.45, 2.75) is 19.1 Å². The number of hydrogen-bond acceptors (Lipinski definition) is 4. The number of nitrogens with one attached hydrogen (secondary N) is 1. The molecule has 2 rings (SSSR count). The van der Waals surface area contributed by atoms with Crippen LogP contribution < -0.4 is 5.32 Å². The summed E-state index contributed by atoms with van der Waals surface area (Å²) < 4.78 is 1.56. The number of aliphatic hydroxyl groups is 1. The molecule has 0 spiro atoms. The third kappa shape index (κ3) is 4.42. The van der Waals surface area contributed by atoms with E-state index in [4.69, 9.17) is 23.2 Å². The number of aliphatic hydroxyl groups excluding tert-OH is 1.